The standard InChI is InChI=1S/C21H22N4O3S/c22-20(27)13-3-5-17(25-8-1-2-9-25)15(11-13)24-21(28)14-4-6-18-16(12-14)23-19(26)7-10-29-18/h3-6,11-12H,1-2,7-10H2,(H2,22,27)(H,23,26)(H,24,28). The summed E-state index contributed by atoms with van der Waals surface area (Å²) in [5.74, 6) is -0.195. The fourth-order valence-electron chi connectivity index (χ4n) is 3.58. The lowest BCUT2D eigenvalue weighted by atomic mass is 10.1. The molecule has 4 N–H and O–H groups in total. The van der Waals surface area contributed by atoms with Gasteiger partial charge in [-0.3, -0.25) is 14.4 Å². The molecule has 8 heteroatoms. The van der Waals surface area contributed by atoms with Crippen molar-refractivity contribution >= 4 is 46.5 Å². The van der Waals surface area contributed by atoms with Crippen molar-refractivity contribution in [3.05, 3.63) is 47.5 Å². The molecule has 2 aromatic carbocycles. The van der Waals surface area contributed by atoms with Crippen LogP contribution in [0.25, 0.3) is 0 Å². The van der Waals surface area contributed by atoms with Crippen molar-refractivity contribution in [1.29, 1.82) is 0 Å². The molecule has 4 rings (SSSR count). The van der Waals surface area contributed by atoms with Gasteiger partial charge in [-0.1, -0.05) is 0 Å². The van der Waals surface area contributed by atoms with E-state index in [4.69, 9.17) is 5.73 Å². The van der Waals surface area contributed by atoms with E-state index >= 15 is 0 Å². The van der Waals surface area contributed by atoms with Crippen LogP contribution < -0.4 is 21.3 Å². The first-order chi connectivity index (χ1) is 14.0. The monoisotopic (exact) mass is 410 g/mol. The second kappa shape index (κ2) is 8.16. The normalized spacial score (nSPS) is 16.0. The minimum Gasteiger partial charge on any atom is -0.370 e. The molecule has 2 aromatic rings. The highest BCUT2D eigenvalue weighted by atomic mass is 32.2. The van der Waals surface area contributed by atoms with Crippen molar-refractivity contribution in [2.45, 2.75) is 24.2 Å². The Morgan fingerprint density at radius 2 is 1.83 bits per heavy atom. The number of anilines is 3. The van der Waals surface area contributed by atoms with Crippen LogP contribution >= 0.6 is 11.8 Å². The SMILES string of the molecule is NC(=O)c1ccc(N2CCCC2)c(NC(=O)c2ccc3c(c2)NC(=O)CCS3)c1. The summed E-state index contributed by atoms with van der Waals surface area (Å²) in [7, 11) is 0. The smallest absolute Gasteiger partial charge is 0.255 e. The number of carbonyl (C=O) groups is 3. The van der Waals surface area contributed by atoms with Gasteiger partial charge in [-0.05, 0) is 49.2 Å². The molecule has 2 heterocycles. The van der Waals surface area contributed by atoms with Crippen LogP contribution in [-0.2, 0) is 4.79 Å². The quantitative estimate of drug-likeness (QED) is 0.719. The number of hydrogen-bond acceptors (Lipinski definition) is 5. The number of carbonyl (C=O) groups excluding carboxylic acids is 3. The molecule has 7 nitrogen and oxygen atoms in total. The predicted molar refractivity (Wildman–Crippen MR) is 115 cm³/mol. The molecular weight excluding hydrogens is 388 g/mol. The van der Waals surface area contributed by atoms with E-state index in [9.17, 15) is 14.4 Å². The fraction of sp³-hybridized carbons (Fsp3) is 0.286. The summed E-state index contributed by atoms with van der Waals surface area (Å²) in [6, 6.07) is 10.4. The van der Waals surface area contributed by atoms with Crippen LogP contribution in [0.15, 0.2) is 41.3 Å². The molecule has 1 saturated heterocycles. The molecule has 0 unspecified atom stereocenters. The van der Waals surface area contributed by atoms with E-state index in [2.05, 4.69) is 15.5 Å². The Hall–Kier alpha value is -3.00. The van der Waals surface area contributed by atoms with Gasteiger partial charge < -0.3 is 21.3 Å². The van der Waals surface area contributed by atoms with E-state index in [0.29, 0.717) is 34.7 Å². The summed E-state index contributed by atoms with van der Waals surface area (Å²) in [6.07, 6.45) is 2.63. The Morgan fingerprint density at radius 3 is 2.59 bits per heavy atom. The second-order valence-electron chi connectivity index (χ2n) is 7.10. The lowest BCUT2D eigenvalue weighted by molar-refractivity contribution is -0.115. The molecule has 0 bridgehead atoms. The highest BCUT2D eigenvalue weighted by molar-refractivity contribution is 7.99. The molecule has 1 fully saturated rings. The number of amides is 3. The first-order valence-corrected chi connectivity index (χ1v) is 10.6. The van der Waals surface area contributed by atoms with E-state index < -0.39 is 5.91 Å². The van der Waals surface area contributed by atoms with Crippen LogP contribution in [0.2, 0.25) is 0 Å². The van der Waals surface area contributed by atoms with E-state index in [0.717, 1.165) is 36.5 Å². The van der Waals surface area contributed by atoms with Crippen molar-refractivity contribution in [3.8, 4) is 0 Å². The van der Waals surface area contributed by atoms with E-state index in [1.807, 2.05) is 12.1 Å². The van der Waals surface area contributed by atoms with Crippen LogP contribution in [0.4, 0.5) is 17.1 Å². The first-order valence-electron chi connectivity index (χ1n) is 9.58. The van der Waals surface area contributed by atoms with Crippen molar-refractivity contribution in [2.75, 3.05) is 34.4 Å². The van der Waals surface area contributed by atoms with Gasteiger partial charge in [-0.25, -0.2) is 0 Å². The zero-order valence-electron chi connectivity index (χ0n) is 15.9. The van der Waals surface area contributed by atoms with Gasteiger partial charge in [-0.15, -0.1) is 11.8 Å². The Bertz CT molecular complexity index is 986. The summed E-state index contributed by atoms with van der Waals surface area (Å²) in [4.78, 5) is 39.5. The minimum atomic E-state index is -0.543. The first kappa shape index (κ1) is 19.3. The third-order valence-corrected chi connectivity index (χ3v) is 6.15. The van der Waals surface area contributed by atoms with Crippen molar-refractivity contribution in [3.63, 3.8) is 0 Å². The molecule has 29 heavy (non-hydrogen) atoms. The third kappa shape index (κ3) is 4.22. The summed E-state index contributed by atoms with van der Waals surface area (Å²) >= 11 is 1.59. The number of thioether (sulfide) groups is 1. The summed E-state index contributed by atoms with van der Waals surface area (Å²) < 4.78 is 0. The van der Waals surface area contributed by atoms with Gasteiger partial charge in [0.05, 0.1) is 17.1 Å². The Labute approximate surface area is 173 Å². The van der Waals surface area contributed by atoms with Crippen molar-refractivity contribution < 1.29 is 14.4 Å². The zero-order valence-corrected chi connectivity index (χ0v) is 16.7. The summed E-state index contributed by atoms with van der Waals surface area (Å²) in [5.41, 5.74) is 8.28. The highest BCUT2D eigenvalue weighted by Crippen LogP contribution is 2.33. The number of fused-ring (bicyclic) bond motifs is 1. The lowest BCUT2D eigenvalue weighted by Gasteiger charge is -2.22. The van der Waals surface area contributed by atoms with Gasteiger partial charge in [0, 0.05) is 41.3 Å². The van der Waals surface area contributed by atoms with Crippen LogP contribution in [0.5, 0.6) is 0 Å². The van der Waals surface area contributed by atoms with Gasteiger partial charge in [0.1, 0.15) is 0 Å². The van der Waals surface area contributed by atoms with Gasteiger partial charge in [-0.2, -0.15) is 0 Å². The van der Waals surface area contributed by atoms with Crippen LogP contribution in [0.1, 0.15) is 40.0 Å². The molecule has 0 aliphatic carbocycles. The van der Waals surface area contributed by atoms with Gasteiger partial charge in [0.25, 0.3) is 5.91 Å². The molecule has 150 valence electrons. The number of hydrogen-bond donors (Lipinski definition) is 3. The molecule has 0 aromatic heterocycles. The Balaban J connectivity index is 1.63. The zero-order chi connectivity index (χ0) is 20.4. The fourth-order valence-corrected chi connectivity index (χ4v) is 4.52. The largest absolute Gasteiger partial charge is 0.370 e. The van der Waals surface area contributed by atoms with Crippen LogP contribution in [0.3, 0.4) is 0 Å². The number of benzene rings is 2. The van der Waals surface area contributed by atoms with E-state index in [1.54, 1.807) is 36.0 Å². The van der Waals surface area contributed by atoms with E-state index in [1.165, 1.54) is 0 Å². The summed E-state index contributed by atoms with van der Waals surface area (Å²) in [6.45, 7) is 1.81. The third-order valence-electron chi connectivity index (χ3n) is 5.08. The molecule has 0 radical (unpaired) electrons. The average Bonchev–Trinajstić information content (AvgIpc) is 3.16. The maximum absolute atomic E-state index is 13.0. The Kier molecular flexibility index (Phi) is 5.44. The Morgan fingerprint density at radius 1 is 1.07 bits per heavy atom. The molecule has 0 spiro atoms. The predicted octanol–water partition coefficient (Wildman–Crippen LogP) is 3.07. The number of nitrogens with zero attached hydrogens (tertiary/aromatic N) is 1. The average molecular weight is 410 g/mol. The highest BCUT2D eigenvalue weighted by Gasteiger charge is 2.20. The van der Waals surface area contributed by atoms with Gasteiger partial charge >= 0.3 is 0 Å². The topological polar surface area (TPSA) is 105 Å². The molecule has 0 saturated carbocycles. The van der Waals surface area contributed by atoms with E-state index in [-0.39, 0.29) is 11.8 Å². The number of nitrogens with one attached hydrogen (secondary N) is 2. The maximum atomic E-state index is 13.0. The summed E-state index contributed by atoms with van der Waals surface area (Å²) in [5, 5.41) is 5.78. The number of nitrogens with two attached hydrogens (primary N) is 1. The number of rotatable bonds is 4. The molecular formula is C21H22N4O3S. The minimum absolute atomic E-state index is 0.0562. The second-order valence-corrected chi connectivity index (χ2v) is 8.24. The van der Waals surface area contributed by atoms with Crippen molar-refractivity contribution in [1.82, 2.24) is 0 Å². The van der Waals surface area contributed by atoms with Crippen LogP contribution in [-0.4, -0.2) is 36.6 Å². The molecule has 2 aliphatic rings. The van der Waals surface area contributed by atoms with Crippen molar-refractivity contribution in [2.24, 2.45) is 5.73 Å². The van der Waals surface area contributed by atoms with Gasteiger partial charge in [0.2, 0.25) is 11.8 Å². The lowest BCUT2D eigenvalue weighted by Crippen LogP contribution is -2.22. The van der Waals surface area contributed by atoms with Crippen LogP contribution in [0, 0.1) is 0 Å². The number of primary amides is 1. The molecule has 3 amide bonds. The molecule has 2 aliphatic heterocycles. The molecule has 0 atom stereocenters. The maximum Gasteiger partial charge on any atom is 0.255 e. The van der Waals surface area contributed by atoms with Gasteiger partial charge in [0.15, 0.2) is 0 Å².